The second-order valence-corrected chi connectivity index (χ2v) is 6.09. The molecule has 0 radical (unpaired) electrons. The lowest BCUT2D eigenvalue weighted by Gasteiger charge is -2.12. The minimum atomic E-state index is -0.573. The molecule has 148 valence electrons. The third kappa shape index (κ3) is 5.38. The molecule has 0 unspecified atom stereocenters. The van der Waals surface area contributed by atoms with Crippen LogP contribution in [0.5, 0.6) is 5.75 Å². The lowest BCUT2D eigenvalue weighted by Crippen LogP contribution is -2.25. The molecule has 5 nitrogen and oxygen atoms in total. The number of ether oxygens (including phenoxy) is 1. The minimum absolute atomic E-state index is 0.00755. The molecule has 7 heteroatoms. The third-order valence-corrected chi connectivity index (χ3v) is 4.04. The molecule has 3 aromatic rings. The number of para-hydroxylation sites is 2. The fourth-order valence-electron chi connectivity index (χ4n) is 2.58. The van der Waals surface area contributed by atoms with E-state index in [1.807, 2.05) is 0 Å². The van der Waals surface area contributed by atoms with Crippen LogP contribution in [0.25, 0.3) is 0 Å². The molecule has 0 saturated heterocycles. The van der Waals surface area contributed by atoms with E-state index in [1.165, 1.54) is 36.4 Å². The van der Waals surface area contributed by atoms with E-state index < -0.39 is 30.1 Å². The molecule has 29 heavy (non-hydrogen) atoms. The Morgan fingerprint density at radius 1 is 0.828 bits per heavy atom. The number of carbonyl (C=O) groups is 2. The lowest BCUT2D eigenvalue weighted by molar-refractivity contribution is -0.118. The first kappa shape index (κ1) is 20.0. The summed E-state index contributed by atoms with van der Waals surface area (Å²) in [5, 5.41) is 5.02. The summed E-state index contributed by atoms with van der Waals surface area (Å²) in [7, 11) is 0. The molecular formula is C22H18F2N2O3. The van der Waals surface area contributed by atoms with Crippen LogP contribution in [0, 0.1) is 11.6 Å². The smallest absolute Gasteiger partial charge is 0.262 e. The van der Waals surface area contributed by atoms with Gasteiger partial charge >= 0.3 is 0 Å². The first-order valence-electron chi connectivity index (χ1n) is 8.82. The standard InChI is InChI=1S/C22H18F2N2O3/c23-17-9-3-1-7-15(17)13-25-22(28)16-8-2-6-12-20(16)29-14-21(27)26-19-11-5-4-10-18(19)24/h1-12H,13-14H2,(H,25,28)(H,26,27). The zero-order valence-electron chi connectivity index (χ0n) is 15.3. The van der Waals surface area contributed by atoms with Crippen LogP contribution < -0.4 is 15.4 Å². The number of anilines is 1. The van der Waals surface area contributed by atoms with Crippen molar-refractivity contribution in [3.63, 3.8) is 0 Å². The summed E-state index contributed by atoms with van der Waals surface area (Å²) in [4.78, 5) is 24.5. The zero-order chi connectivity index (χ0) is 20.6. The Balaban J connectivity index is 1.61. The molecule has 2 N–H and O–H groups in total. The third-order valence-electron chi connectivity index (χ3n) is 4.04. The Bertz CT molecular complexity index is 1020. The first-order chi connectivity index (χ1) is 14.0. The second kappa shape index (κ2) is 9.45. The molecule has 0 aliphatic carbocycles. The predicted octanol–water partition coefficient (Wildman–Crippen LogP) is 3.91. The molecule has 0 fully saturated rings. The van der Waals surface area contributed by atoms with Crippen molar-refractivity contribution in [1.29, 1.82) is 0 Å². The molecule has 0 aliphatic rings. The highest BCUT2D eigenvalue weighted by atomic mass is 19.1. The van der Waals surface area contributed by atoms with Crippen molar-refractivity contribution < 1.29 is 23.1 Å². The molecule has 0 atom stereocenters. The van der Waals surface area contributed by atoms with Gasteiger partial charge in [-0.25, -0.2) is 8.78 Å². The van der Waals surface area contributed by atoms with Crippen LogP contribution in [-0.2, 0) is 11.3 Å². The van der Waals surface area contributed by atoms with Crippen LogP contribution in [0.1, 0.15) is 15.9 Å². The molecule has 3 rings (SSSR count). The molecule has 0 bridgehead atoms. The summed E-state index contributed by atoms with van der Waals surface area (Å²) in [6.07, 6.45) is 0. The van der Waals surface area contributed by atoms with Crippen LogP contribution in [0.15, 0.2) is 72.8 Å². The van der Waals surface area contributed by atoms with Gasteiger partial charge in [0.2, 0.25) is 0 Å². The summed E-state index contributed by atoms with van der Waals surface area (Å²) in [5.41, 5.74) is 0.586. The highest BCUT2D eigenvalue weighted by Gasteiger charge is 2.14. The van der Waals surface area contributed by atoms with Gasteiger partial charge in [0, 0.05) is 12.1 Å². The zero-order valence-corrected chi connectivity index (χ0v) is 15.3. The Morgan fingerprint density at radius 3 is 2.24 bits per heavy atom. The number of nitrogens with one attached hydrogen (secondary N) is 2. The van der Waals surface area contributed by atoms with E-state index in [2.05, 4.69) is 10.6 Å². The van der Waals surface area contributed by atoms with E-state index in [0.29, 0.717) is 5.56 Å². The Kier molecular flexibility index (Phi) is 6.52. The topological polar surface area (TPSA) is 67.4 Å². The number of hydrogen-bond acceptors (Lipinski definition) is 3. The van der Waals surface area contributed by atoms with E-state index in [9.17, 15) is 18.4 Å². The van der Waals surface area contributed by atoms with E-state index >= 15 is 0 Å². The number of carbonyl (C=O) groups excluding carboxylic acids is 2. The van der Waals surface area contributed by atoms with Crippen molar-refractivity contribution in [3.8, 4) is 5.75 Å². The lowest BCUT2D eigenvalue weighted by atomic mass is 10.1. The molecular weight excluding hydrogens is 378 g/mol. The number of benzene rings is 3. The maximum atomic E-state index is 13.7. The molecule has 0 saturated carbocycles. The molecule has 3 aromatic carbocycles. The summed E-state index contributed by atoms with van der Waals surface area (Å²) in [5.74, 6) is -1.84. The summed E-state index contributed by atoms with van der Waals surface area (Å²) in [6.45, 7) is -0.403. The van der Waals surface area contributed by atoms with Crippen molar-refractivity contribution in [2.75, 3.05) is 11.9 Å². The van der Waals surface area contributed by atoms with E-state index in [1.54, 1.807) is 36.4 Å². The van der Waals surface area contributed by atoms with Gasteiger partial charge in [0.1, 0.15) is 17.4 Å². The van der Waals surface area contributed by atoms with Gasteiger partial charge in [-0.2, -0.15) is 0 Å². The van der Waals surface area contributed by atoms with Crippen molar-refractivity contribution in [1.82, 2.24) is 5.32 Å². The SMILES string of the molecule is O=C(COc1ccccc1C(=O)NCc1ccccc1F)Nc1ccccc1F. The van der Waals surface area contributed by atoms with Gasteiger partial charge in [0.05, 0.1) is 11.3 Å². The molecule has 0 spiro atoms. The maximum Gasteiger partial charge on any atom is 0.262 e. The molecule has 0 aromatic heterocycles. The highest BCUT2D eigenvalue weighted by Crippen LogP contribution is 2.19. The van der Waals surface area contributed by atoms with Gasteiger partial charge in [-0.1, -0.05) is 42.5 Å². The van der Waals surface area contributed by atoms with Gasteiger partial charge < -0.3 is 15.4 Å². The fourth-order valence-corrected chi connectivity index (χ4v) is 2.58. The van der Waals surface area contributed by atoms with Crippen LogP contribution in [0.4, 0.5) is 14.5 Å². The van der Waals surface area contributed by atoms with Crippen molar-refractivity contribution in [2.24, 2.45) is 0 Å². The van der Waals surface area contributed by atoms with Gasteiger partial charge in [-0.15, -0.1) is 0 Å². The second-order valence-electron chi connectivity index (χ2n) is 6.09. The Hall–Kier alpha value is -3.74. The first-order valence-corrected chi connectivity index (χ1v) is 8.82. The summed E-state index contributed by atoms with van der Waals surface area (Å²) in [6, 6.07) is 18.2. The largest absolute Gasteiger partial charge is 0.483 e. The number of hydrogen-bond donors (Lipinski definition) is 2. The Morgan fingerprint density at radius 2 is 1.48 bits per heavy atom. The van der Waals surface area contributed by atoms with Gasteiger partial charge in [0.25, 0.3) is 11.8 Å². The maximum absolute atomic E-state index is 13.7. The van der Waals surface area contributed by atoms with Crippen LogP contribution >= 0.6 is 0 Å². The summed E-state index contributed by atoms with van der Waals surface area (Å²) < 4.78 is 32.7. The van der Waals surface area contributed by atoms with Gasteiger partial charge in [-0.3, -0.25) is 9.59 Å². The van der Waals surface area contributed by atoms with Gasteiger partial charge in [-0.05, 0) is 30.3 Å². The van der Waals surface area contributed by atoms with E-state index in [0.717, 1.165) is 0 Å². The minimum Gasteiger partial charge on any atom is -0.483 e. The average Bonchev–Trinajstić information content (AvgIpc) is 2.73. The number of halogens is 2. The number of amides is 2. The fraction of sp³-hybridized carbons (Fsp3) is 0.0909. The monoisotopic (exact) mass is 396 g/mol. The van der Waals surface area contributed by atoms with Crippen LogP contribution in [-0.4, -0.2) is 18.4 Å². The molecule has 0 aliphatic heterocycles. The summed E-state index contributed by atoms with van der Waals surface area (Å²) >= 11 is 0. The average molecular weight is 396 g/mol. The van der Waals surface area contributed by atoms with E-state index in [-0.39, 0.29) is 23.5 Å². The Labute approximate surface area is 166 Å². The quantitative estimate of drug-likeness (QED) is 0.636. The van der Waals surface area contributed by atoms with E-state index in [4.69, 9.17) is 4.74 Å². The van der Waals surface area contributed by atoms with Crippen LogP contribution in [0.3, 0.4) is 0 Å². The van der Waals surface area contributed by atoms with Gasteiger partial charge in [0.15, 0.2) is 6.61 Å². The van der Waals surface area contributed by atoms with Crippen molar-refractivity contribution in [2.45, 2.75) is 6.54 Å². The van der Waals surface area contributed by atoms with Crippen molar-refractivity contribution in [3.05, 3.63) is 95.6 Å². The normalized spacial score (nSPS) is 10.3. The van der Waals surface area contributed by atoms with Crippen molar-refractivity contribution >= 4 is 17.5 Å². The number of rotatable bonds is 7. The molecule has 0 heterocycles. The van der Waals surface area contributed by atoms with Crippen LogP contribution in [0.2, 0.25) is 0 Å². The predicted molar refractivity (Wildman–Crippen MR) is 105 cm³/mol. The molecule has 2 amide bonds. The highest BCUT2D eigenvalue weighted by molar-refractivity contribution is 5.97.